The van der Waals surface area contributed by atoms with E-state index in [0.717, 1.165) is 5.56 Å². The zero-order chi connectivity index (χ0) is 18.0. The molecule has 2 aromatic carbocycles. The fourth-order valence-corrected chi connectivity index (χ4v) is 3.93. The van der Waals surface area contributed by atoms with Crippen molar-refractivity contribution >= 4 is 21.8 Å². The van der Waals surface area contributed by atoms with Crippen molar-refractivity contribution in [2.45, 2.75) is 31.2 Å². The summed E-state index contributed by atoms with van der Waals surface area (Å²) in [6.07, 6.45) is -1.26. The molecular formula is C17H20N2O4S. The van der Waals surface area contributed by atoms with Crippen LogP contribution in [0.4, 0.5) is 10.5 Å². The van der Waals surface area contributed by atoms with Gasteiger partial charge in [-0.05, 0) is 38.5 Å². The minimum absolute atomic E-state index is 0.0230. The van der Waals surface area contributed by atoms with Crippen molar-refractivity contribution in [3.8, 4) is 11.1 Å². The second kappa shape index (κ2) is 6.62. The maximum atomic E-state index is 12.8. The third kappa shape index (κ3) is 4.56. The van der Waals surface area contributed by atoms with E-state index in [4.69, 9.17) is 5.11 Å². The van der Waals surface area contributed by atoms with E-state index in [9.17, 15) is 13.2 Å². The number of rotatable bonds is 4. The molecule has 0 radical (unpaired) electrons. The van der Waals surface area contributed by atoms with E-state index >= 15 is 0 Å². The Hall–Kier alpha value is -2.38. The molecule has 0 atom stereocenters. The van der Waals surface area contributed by atoms with E-state index in [-0.39, 0.29) is 10.6 Å². The lowest BCUT2D eigenvalue weighted by atomic mass is 10.1. The van der Waals surface area contributed by atoms with E-state index in [2.05, 4.69) is 10.0 Å². The molecule has 3 N–H and O–H groups in total. The van der Waals surface area contributed by atoms with Crippen LogP contribution in [0.2, 0.25) is 0 Å². The summed E-state index contributed by atoms with van der Waals surface area (Å²) in [5.74, 6) is 0. The van der Waals surface area contributed by atoms with Crippen LogP contribution >= 0.6 is 0 Å². The molecule has 0 aliphatic heterocycles. The highest BCUT2D eigenvalue weighted by atomic mass is 32.2. The summed E-state index contributed by atoms with van der Waals surface area (Å²) in [4.78, 5) is 10.9. The second-order valence-corrected chi connectivity index (χ2v) is 8.01. The van der Waals surface area contributed by atoms with Crippen LogP contribution in [0.15, 0.2) is 53.4 Å². The Morgan fingerprint density at radius 3 is 2.21 bits per heavy atom. The molecule has 0 unspecified atom stereocenters. The van der Waals surface area contributed by atoms with Gasteiger partial charge in [0.15, 0.2) is 0 Å². The number of carbonyl (C=O) groups is 1. The van der Waals surface area contributed by atoms with Gasteiger partial charge in [-0.3, -0.25) is 5.32 Å². The molecule has 6 nitrogen and oxygen atoms in total. The number of sulfonamides is 1. The van der Waals surface area contributed by atoms with E-state index in [1.807, 2.05) is 18.2 Å². The fraction of sp³-hybridized carbons (Fsp3) is 0.235. The topological polar surface area (TPSA) is 95.5 Å². The quantitative estimate of drug-likeness (QED) is 0.788. The zero-order valence-electron chi connectivity index (χ0n) is 13.7. The summed E-state index contributed by atoms with van der Waals surface area (Å²) in [6, 6.07) is 13.5. The number of amides is 1. The predicted octanol–water partition coefficient (Wildman–Crippen LogP) is 3.52. The molecule has 0 aromatic heterocycles. The van der Waals surface area contributed by atoms with Gasteiger partial charge in [0.2, 0.25) is 10.0 Å². The van der Waals surface area contributed by atoms with Crippen LogP contribution in [0.3, 0.4) is 0 Å². The van der Waals surface area contributed by atoms with Crippen LogP contribution in [0.5, 0.6) is 0 Å². The van der Waals surface area contributed by atoms with Crippen LogP contribution in [0.1, 0.15) is 20.8 Å². The van der Waals surface area contributed by atoms with Gasteiger partial charge >= 0.3 is 6.09 Å². The van der Waals surface area contributed by atoms with Crippen molar-refractivity contribution in [3.63, 3.8) is 0 Å². The molecule has 0 aliphatic rings. The maximum Gasteiger partial charge on any atom is 0.409 e. The van der Waals surface area contributed by atoms with Crippen LogP contribution < -0.4 is 10.0 Å². The molecule has 0 spiro atoms. The Balaban J connectivity index is 2.62. The first-order valence-electron chi connectivity index (χ1n) is 7.32. The minimum Gasteiger partial charge on any atom is -0.465 e. The summed E-state index contributed by atoms with van der Waals surface area (Å²) < 4.78 is 28.2. The van der Waals surface area contributed by atoms with Crippen molar-refractivity contribution in [2.75, 3.05) is 5.32 Å². The molecule has 0 bridgehead atoms. The average molecular weight is 348 g/mol. The first-order valence-corrected chi connectivity index (χ1v) is 8.80. The van der Waals surface area contributed by atoms with Crippen molar-refractivity contribution in [3.05, 3.63) is 48.5 Å². The smallest absolute Gasteiger partial charge is 0.409 e. The molecule has 0 heterocycles. The third-order valence-corrected chi connectivity index (χ3v) is 4.85. The Morgan fingerprint density at radius 1 is 1.04 bits per heavy atom. The summed E-state index contributed by atoms with van der Waals surface area (Å²) in [5, 5.41) is 11.0. The number of hydrogen-bond donors (Lipinski definition) is 3. The second-order valence-electron chi connectivity index (χ2n) is 6.36. The van der Waals surface area contributed by atoms with Gasteiger partial charge in [-0.1, -0.05) is 36.4 Å². The Morgan fingerprint density at radius 2 is 1.67 bits per heavy atom. The van der Waals surface area contributed by atoms with Gasteiger partial charge in [0.25, 0.3) is 0 Å². The van der Waals surface area contributed by atoms with Crippen LogP contribution in [0, 0.1) is 0 Å². The molecule has 0 saturated heterocycles. The van der Waals surface area contributed by atoms with Gasteiger partial charge in [-0.2, -0.15) is 0 Å². The highest BCUT2D eigenvalue weighted by Crippen LogP contribution is 2.30. The predicted molar refractivity (Wildman–Crippen MR) is 93.6 cm³/mol. The standard InChI is InChI=1S/C17H20N2O4S/c1-17(2,3)19-24(22,23)15-11-13(18-16(20)21)9-10-14(15)12-7-5-4-6-8-12/h4-11,18-19H,1-3H3,(H,20,21). The highest BCUT2D eigenvalue weighted by molar-refractivity contribution is 7.89. The molecule has 1 amide bonds. The van der Waals surface area contributed by atoms with E-state index < -0.39 is 21.7 Å². The molecule has 7 heteroatoms. The van der Waals surface area contributed by atoms with Crippen molar-refractivity contribution in [1.29, 1.82) is 0 Å². The summed E-state index contributed by atoms with van der Waals surface area (Å²) in [7, 11) is -3.84. The third-order valence-electron chi connectivity index (χ3n) is 3.05. The lowest BCUT2D eigenvalue weighted by Crippen LogP contribution is -2.40. The first-order chi connectivity index (χ1) is 11.1. The van der Waals surface area contributed by atoms with Crippen LogP contribution in [0.25, 0.3) is 11.1 Å². The number of benzene rings is 2. The number of hydrogen-bond acceptors (Lipinski definition) is 3. The lowest BCUT2D eigenvalue weighted by Gasteiger charge is -2.22. The molecule has 2 rings (SSSR count). The van der Waals surface area contributed by atoms with Crippen molar-refractivity contribution in [1.82, 2.24) is 4.72 Å². The van der Waals surface area contributed by atoms with Crippen LogP contribution in [-0.4, -0.2) is 25.2 Å². The van der Waals surface area contributed by atoms with E-state index in [1.165, 1.54) is 12.1 Å². The number of nitrogens with one attached hydrogen (secondary N) is 2. The van der Waals surface area contributed by atoms with Gasteiger partial charge in [0, 0.05) is 16.8 Å². The molecule has 2 aromatic rings. The highest BCUT2D eigenvalue weighted by Gasteiger charge is 2.25. The SMILES string of the molecule is CC(C)(C)NS(=O)(=O)c1cc(NC(=O)O)ccc1-c1ccccc1. The van der Waals surface area contributed by atoms with E-state index in [1.54, 1.807) is 39.0 Å². The van der Waals surface area contributed by atoms with Gasteiger partial charge in [-0.25, -0.2) is 17.9 Å². The van der Waals surface area contributed by atoms with Crippen molar-refractivity contribution in [2.24, 2.45) is 0 Å². The number of carboxylic acid groups (broad SMARTS) is 1. The van der Waals surface area contributed by atoms with Crippen LogP contribution in [-0.2, 0) is 10.0 Å². The summed E-state index contributed by atoms with van der Waals surface area (Å²) in [5.41, 5.74) is 0.761. The first kappa shape index (κ1) is 18.0. The maximum absolute atomic E-state index is 12.8. The van der Waals surface area contributed by atoms with Gasteiger partial charge in [0.1, 0.15) is 0 Å². The van der Waals surface area contributed by atoms with Gasteiger partial charge in [-0.15, -0.1) is 0 Å². The minimum atomic E-state index is -3.84. The van der Waals surface area contributed by atoms with Gasteiger partial charge < -0.3 is 5.11 Å². The summed E-state index contributed by atoms with van der Waals surface area (Å²) in [6.45, 7) is 5.23. The molecule has 128 valence electrons. The Kier molecular flexibility index (Phi) is 4.96. The number of anilines is 1. The molecule has 0 saturated carbocycles. The molecule has 0 fully saturated rings. The molecule has 0 aliphatic carbocycles. The molecule has 24 heavy (non-hydrogen) atoms. The van der Waals surface area contributed by atoms with E-state index in [0.29, 0.717) is 5.56 Å². The zero-order valence-corrected chi connectivity index (χ0v) is 14.5. The average Bonchev–Trinajstić information content (AvgIpc) is 2.45. The monoisotopic (exact) mass is 348 g/mol. The molecular weight excluding hydrogens is 328 g/mol. The normalized spacial score (nSPS) is 12.0. The Bertz CT molecular complexity index is 841. The fourth-order valence-electron chi connectivity index (χ4n) is 2.26. The summed E-state index contributed by atoms with van der Waals surface area (Å²) >= 11 is 0. The largest absolute Gasteiger partial charge is 0.465 e. The lowest BCUT2D eigenvalue weighted by molar-refractivity contribution is 0.209. The van der Waals surface area contributed by atoms with Crippen molar-refractivity contribution < 1.29 is 18.3 Å². The Labute approximate surface area is 141 Å². The van der Waals surface area contributed by atoms with Gasteiger partial charge in [0.05, 0.1) is 4.90 Å².